The SMILES string of the molecule is Cc1cnccc1CN1C(=O)N(c2ccc(SC(F)(F)F)cc2)C(=O)C12CC2. The Morgan fingerprint density at radius 2 is 1.82 bits per heavy atom. The molecule has 28 heavy (non-hydrogen) atoms. The van der Waals surface area contributed by atoms with Gasteiger partial charge in [0.05, 0.1) is 5.69 Å². The largest absolute Gasteiger partial charge is 0.446 e. The lowest BCUT2D eigenvalue weighted by molar-refractivity contribution is -0.120. The van der Waals surface area contributed by atoms with Gasteiger partial charge in [-0.05, 0) is 73.0 Å². The van der Waals surface area contributed by atoms with Crippen molar-refractivity contribution in [2.45, 2.75) is 42.3 Å². The van der Waals surface area contributed by atoms with Crippen molar-refractivity contribution in [1.29, 1.82) is 0 Å². The van der Waals surface area contributed by atoms with Crippen LogP contribution in [0.25, 0.3) is 0 Å². The summed E-state index contributed by atoms with van der Waals surface area (Å²) in [7, 11) is 0. The minimum atomic E-state index is -4.39. The van der Waals surface area contributed by atoms with Crippen LogP contribution in [0, 0.1) is 6.92 Å². The molecule has 2 aromatic rings. The van der Waals surface area contributed by atoms with Gasteiger partial charge in [0, 0.05) is 23.8 Å². The lowest BCUT2D eigenvalue weighted by atomic mass is 10.1. The Hall–Kier alpha value is -2.55. The molecule has 0 bridgehead atoms. The molecule has 0 N–H and O–H groups in total. The molecule has 1 aromatic heterocycles. The number of anilines is 1. The first-order valence-electron chi connectivity index (χ1n) is 8.63. The summed E-state index contributed by atoms with van der Waals surface area (Å²) in [5, 5.41) is 0. The maximum Gasteiger partial charge on any atom is 0.446 e. The quantitative estimate of drug-likeness (QED) is 0.553. The number of amides is 3. The maximum absolute atomic E-state index is 13.0. The standard InChI is InChI=1S/C19H16F3N3O2S/c1-12-10-23-9-6-13(12)11-24-17(27)25(16(26)18(24)7-8-18)14-2-4-15(5-3-14)28-19(20,21)22/h2-6,9-10H,7-8,11H2,1H3. The maximum atomic E-state index is 13.0. The second-order valence-corrected chi connectivity index (χ2v) is 8.02. The summed E-state index contributed by atoms with van der Waals surface area (Å²) >= 11 is -0.235. The van der Waals surface area contributed by atoms with E-state index < -0.39 is 17.1 Å². The van der Waals surface area contributed by atoms with Crippen LogP contribution in [0.15, 0.2) is 47.6 Å². The van der Waals surface area contributed by atoms with Gasteiger partial charge in [0.2, 0.25) is 0 Å². The molecule has 0 radical (unpaired) electrons. The van der Waals surface area contributed by atoms with Gasteiger partial charge in [-0.2, -0.15) is 13.2 Å². The predicted molar refractivity (Wildman–Crippen MR) is 97.7 cm³/mol. The molecule has 1 aromatic carbocycles. The summed E-state index contributed by atoms with van der Waals surface area (Å²) in [5.74, 6) is -0.319. The molecule has 2 aliphatic rings. The molecule has 1 aliphatic heterocycles. The number of hydrogen-bond donors (Lipinski definition) is 0. The van der Waals surface area contributed by atoms with Gasteiger partial charge in [0.1, 0.15) is 5.54 Å². The second kappa shape index (κ2) is 6.51. The Bertz CT molecular complexity index is 942. The number of urea groups is 1. The fourth-order valence-electron chi connectivity index (χ4n) is 3.41. The van der Waals surface area contributed by atoms with E-state index in [0.717, 1.165) is 16.0 Å². The molecule has 1 spiro atoms. The van der Waals surface area contributed by atoms with Gasteiger partial charge in [-0.25, -0.2) is 9.69 Å². The molecule has 146 valence electrons. The molecule has 2 fully saturated rings. The lowest BCUT2D eigenvalue weighted by Gasteiger charge is -2.22. The van der Waals surface area contributed by atoms with Crippen LogP contribution < -0.4 is 4.90 Å². The number of alkyl halides is 3. The van der Waals surface area contributed by atoms with Crippen molar-refractivity contribution >= 4 is 29.4 Å². The smallest absolute Gasteiger partial charge is 0.305 e. The fraction of sp³-hybridized carbons (Fsp3) is 0.316. The first-order valence-corrected chi connectivity index (χ1v) is 9.44. The summed E-state index contributed by atoms with van der Waals surface area (Å²) in [6.45, 7) is 2.18. The van der Waals surface area contributed by atoms with Crippen molar-refractivity contribution in [3.8, 4) is 0 Å². The fourth-order valence-corrected chi connectivity index (χ4v) is 3.95. The van der Waals surface area contributed by atoms with Gasteiger partial charge >= 0.3 is 11.5 Å². The van der Waals surface area contributed by atoms with Crippen molar-refractivity contribution in [2.75, 3.05) is 4.90 Å². The summed E-state index contributed by atoms with van der Waals surface area (Å²) in [5.41, 5.74) is -3.13. The number of carbonyl (C=O) groups excluding carboxylic acids is 2. The molecule has 4 rings (SSSR count). The van der Waals surface area contributed by atoms with Crippen LogP contribution in [0.5, 0.6) is 0 Å². The number of aromatic nitrogens is 1. The van der Waals surface area contributed by atoms with Crippen LogP contribution in [-0.4, -0.2) is 32.9 Å². The highest BCUT2D eigenvalue weighted by atomic mass is 32.2. The number of hydrogen-bond acceptors (Lipinski definition) is 4. The van der Waals surface area contributed by atoms with Gasteiger partial charge in [-0.15, -0.1) is 0 Å². The number of nitrogens with zero attached hydrogens (tertiary/aromatic N) is 3. The third-order valence-electron chi connectivity index (χ3n) is 5.06. The average Bonchev–Trinajstić information content (AvgIpc) is 3.39. The van der Waals surface area contributed by atoms with Crippen LogP contribution >= 0.6 is 11.8 Å². The number of aryl methyl sites for hydroxylation is 1. The Balaban J connectivity index is 1.60. The first-order chi connectivity index (χ1) is 13.2. The zero-order chi connectivity index (χ0) is 20.1. The molecule has 1 saturated heterocycles. The van der Waals surface area contributed by atoms with Crippen LogP contribution in [0.2, 0.25) is 0 Å². The van der Waals surface area contributed by atoms with Gasteiger partial charge in [-0.3, -0.25) is 9.78 Å². The van der Waals surface area contributed by atoms with E-state index in [9.17, 15) is 22.8 Å². The zero-order valence-electron chi connectivity index (χ0n) is 14.9. The number of thioether (sulfide) groups is 1. The highest BCUT2D eigenvalue weighted by Crippen LogP contribution is 2.50. The van der Waals surface area contributed by atoms with E-state index in [1.807, 2.05) is 13.0 Å². The van der Waals surface area contributed by atoms with Crippen molar-refractivity contribution in [3.05, 3.63) is 53.9 Å². The Morgan fingerprint density at radius 1 is 1.14 bits per heavy atom. The molecule has 9 heteroatoms. The van der Waals surface area contributed by atoms with Crippen molar-refractivity contribution < 1.29 is 22.8 Å². The Labute approximate surface area is 163 Å². The zero-order valence-corrected chi connectivity index (χ0v) is 15.7. The van der Waals surface area contributed by atoms with Crippen LogP contribution in [-0.2, 0) is 11.3 Å². The molecule has 5 nitrogen and oxygen atoms in total. The lowest BCUT2D eigenvalue weighted by Crippen LogP contribution is -2.36. The van der Waals surface area contributed by atoms with Crippen LogP contribution in [0.3, 0.4) is 0 Å². The van der Waals surface area contributed by atoms with E-state index in [4.69, 9.17) is 0 Å². The normalized spacial score (nSPS) is 18.3. The highest BCUT2D eigenvalue weighted by molar-refractivity contribution is 8.00. The third kappa shape index (κ3) is 3.23. The molecule has 2 heterocycles. The second-order valence-electron chi connectivity index (χ2n) is 6.88. The average molecular weight is 407 g/mol. The van der Waals surface area contributed by atoms with E-state index in [2.05, 4.69) is 4.98 Å². The minimum absolute atomic E-state index is 0.000691. The van der Waals surface area contributed by atoms with Crippen molar-refractivity contribution in [3.63, 3.8) is 0 Å². The Morgan fingerprint density at radius 3 is 2.39 bits per heavy atom. The minimum Gasteiger partial charge on any atom is -0.305 e. The Kier molecular flexibility index (Phi) is 4.37. The molecular weight excluding hydrogens is 391 g/mol. The first kappa shape index (κ1) is 18.8. The number of carbonyl (C=O) groups is 2. The van der Waals surface area contributed by atoms with E-state index in [1.54, 1.807) is 17.3 Å². The third-order valence-corrected chi connectivity index (χ3v) is 5.80. The summed E-state index contributed by atoms with van der Waals surface area (Å²) < 4.78 is 37.5. The van der Waals surface area contributed by atoms with Crippen LogP contribution in [0.4, 0.5) is 23.7 Å². The topological polar surface area (TPSA) is 53.5 Å². The number of rotatable bonds is 4. The number of pyridine rings is 1. The molecule has 0 atom stereocenters. The molecule has 1 aliphatic carbocycles. The highest BCUT2D eigenvalue weighted by Gasteiger charge is 2.65. The number of imide groups is 1. The molecule has 3 amide bonds. The van der Waals surface area contributed by atoms with Gasteiger partial charge in [0.25, 0.3) is 5.91 Å². The van der Waals surface area contributed by atoms with Gasteiger partial charge in [0.15, 0.2) is 0 Å². The van der Waals surface area contributed by atoms with Crippen molar-refractivity contribution in [2.24, 2.45) is 0 Å². The predicted octanol–water partition coefficient (Wildman–Crippen LogP) is 4.50. The van der Waals surface area contributed by atoms with Gasteiger partial charge < -0.3 is 4.90 Å². The summed E-state index contributed by atoms with van der Waals surface area (Å²) in [6, 6.07) is 6.65. The van der Waals surface area contributed by atoms with Crippen molar-refractivity contribution in [1.82, 2.24) is 9.88 Å². The van der Waals surface area contributed by atoms with E-state index >= 15 is 0 Å². The number of halogens is 3. The van der Waals surface area contributed by atoms with E-state index in [0.29, 0.717) is 12.8 Å². The van der Waals surface area contributed by atoms with Crippen LogP contribution in [0.1, 0.15) is 24.0 Å². The van der Waals surface area contributed by atoms with E-state index in [-0.39, 0.29) is 34.8 Å². The molecule has 1 saturated carbocycles. The summed E-state index contributed by atoms with van der Waals surface area (Å²) in [6.07, 6.45) is 4.51. The molecular formula is C19H16F3N3O2S. The van der Waals surface area contributed by atoms with Gasteiger partial charge in [-0.1, -0.05) is 0 Å². The number of benzene rings is 1. The summed E-state index contributed by atoms with van der Waals surface area (Å²) in [4.78, 5) is 32.7. The monoisotopic (exact) mass is 407 g/mol. The molecule has 0 unspecified atom stereocenters. The van der Waals surface area contributed by atoms with E-state index in [1.165, 1.54) is 24.3 Å².